The van der Waals surface area contributed by atoms with Crippen molar-refractivity contribution >= 4 is 23.1 Å². The molecule has 0 amide bonds. The van der Waals surface area contributed by atoms with Crippen LogP contribution in [0.2, 0.25) is 0 Å². The highest BCUT2D eigenvalue weighted by molar-refractivity contribution is 7.98. The minimum Gasteiger partial charge on any atom is -0.490 e. The molecule has 6 heteroatoms. The number of hydrogen-bond donors (Lipinski definition) is 1. The molecule has 0 fully saturated rings. The van der Waals surface area contributed by atoms with Crippen molar-refractivity contribution in [2.45, 2.75) is 6.42 Å². The molecule has 1 aromatic carbocycles. The van der Waals surface area contributed by atoms with Gasteiger partial charge in [-0.15, -0.1) is 0 Å². The molecule has 1 aromatic rings. The number of benzene rings is 1. The zero-order valence-corrected chi connectivity index (χ0v) is 10.8. The molecule has 0 heterocycles. The van der Waals surface area contributed by atoms with Crippen molar-refractivity contribution in [1.29, 1.82) is 0 Å². The summed E-state index contributed by atoms with van der Waals surface area (Å²) in [4.78, 5) is 10.2. The Bertz CT molecular complexity index is 385. The van der Waals surface area contributed by atoms with E-state index in [0.29, 0.717) is 0 Å². The van der Waals surface area contributed by atoms with Crippen LogP contribution in [0.15, 0.2) is 18.2 Å². The molecule has 0 aliphatic heterocycles. The molecule has 0 aliphatic rings. The van der Waals surface area contributed by atoms with Gasteiger partial charge in [-0.25, -0.2) is 0 Å². The van der Waals surface area contributed by atoms with E-state index in [1.807, 2.05) is 0 Å². The van der Waals surface area contributed by atoms with Crippen molar-refractivity contribution in [3.63, 3.8) is 0 Å². The third kappa shape index (κ3) is 4.14. The summed E-state index contributed by atoms with van der Waals surface area (Å²) >= 11 is 1.80. The smallest absolute Gasteiger partial charge is 0.311 e. The third-order valence-corrected chi connectivity index (χ3v) is 2.93. The van der Waals surface area contributed by atoms with Crippen LogP contribution in [0.4, 0.5) is 11.4 Å². The number of hydrogen-bond acceptors (Lipinski definition) is 5. The summed E-state index contributed by atoms with van der Waals surface area (Å²) in [6, 6.07) is 4.80. The second-order valence-corrected chi connectivity index (χ2v) is 4.40. The lowest BCUT2D eigenvalue weighted by molar-refractivity contribution is -0.385. The number of methoxy groups -OCH3 is 1. The van der Waals surface area contributed by atoms with Gasteiger partial charge in [0, 0.05) is 24.4 Å². The van der Waals surface area contributed by atoms with Crippen molar-refractivity contribution in [3.8, 4) is 5.75 Å². The Hall–Kier alpha value is -1.43. The van der Waals surface area contributed by atoms with E-state index in [-0.39, 0.29) is 11.4 Å². The number of nitrogens with one attached hydrogen (secondary N) is 1. The van der Waals surface area contributed by atoms with Gasteiger partial charge >= 0.3 is 5.69 Å². The summed E-state index contributed by atoms with van der Waals surface area (Å²) in [6.07, 6.45) is 3.12. The highest BCUT2D eigenvalue weighted by Crippen LogP contribution is 2.29. The standard InChI is InChI=1S/C11H16N2O3S/c1-16-11-8-9(12-6-3-7-17-2)4-5-10(11)13(14)15/h4-5,8,12H,3,6-7H2,1-2H3. The van der Waals surface area contributed by atoms with Crippen LogP contribution in [0.3, 0.4) is 0 Å². The summed E-state index contributed by atoms with van der Waals surface area (Å²) in [7, 11) is 1.43. The molecule has 0 aliphatic carbocycles. The van der Waals surface area contributed by atoms with Gasteiger partial charge in [-0.1, -0.05) is 0 Å². The topological polar surface area (TPSA) is 64.4 Å². The predicted molar refractivity (Wildman–Crippen MR) is 71.1 cm³/mol. The quantitative estimate of drug-likeness (QED) is 0.461. The van der Waals surface area contributed by atoms with E-state index >= 15 is 0 Å². The molecule has 0 spiro atoms. The molecule has 1 rings (SSSR count). The Kier molecular flexibility index (Phi) is 5.62. The Morgan fingerprint density at radius 2 is 2.29 bits per heavy atom. The molecular formula is C11H16N2O3S. The largest absolute Gasteiger partial charge is 0.490 e. The van der Waals surface area contributed by atoms with Gasteiger partial charge < -0.3 is 10.1 Å². The molecule has 1 N–H and O–H groups in total. The summed E-state index contributed by atoms with van der Waals surface area (Å²) in [5.74, 6) is 1.38. The van der Waals surface area contributed by atoms with Crippen molar-refractivity contribution < 1.29 is 9.66 Å². The van der Waals surface area contributed by atoms with Crippen LogP contribution in [-0.2, 0) is 0 Å². The third-order valence-electron chi connectivity index (χ3n) is 2.23. The van der Waals surface area contributed by atoms with E-state index in [1.54, 1.807) is 23.9 Å². The molecule has 0 atom stereocenters. The monoisotopic (exact) mass is 256 g/mol. The number of ether oxygens (including phenoxy) is 1. The first kappa shape index (κ1) is 13.6. The first-order chi connectivity index (χ1) is 8.19. The molecule has 17 heavy (non-hydrogen) atoms. The maximum absolute atomic E-state index is 10.7. The highest BCUT2D eigenvalue weighted by Gasteiger charge is 2.14. The molecule has 0 aromatic heterocycles. The van der Waals surface area contributed by atoms with Crippen molar-refractivity contribution in [3.05, 3.63) is 28.3 Å². The second kappa shape index (κ2) is 7.01. The lowest BCUT2D eigenvalue weighted by Gasteiger charge is -2.07. The Morgan fingerprint density at radius 3 is 2.88 bits per heavy atom. The predicted octanol–water partition coefficient (Wildman–Crippen LogP) is 2.77. The van der Waals surface area contributed by atoms with Crippen molar-refractivity contribution in [2.24, 2.45) is 0 Å². The summed E-state index contributed by atoms with van der Waals surface area (Å²) in [5.41, 5.74) is 0.829. The molecule has 0 radical (unpaired) electrons. The van der Waals surface area contributed by atoms with Gasteiger partial charge in [0.05, 0.1) is 12.0 Å². The van der Waals surface area contributed by atoms with Crippen molar-refractivity contribution in [1.82, 2.24) is 0 Å². The number of nitro benzene ring substituents is 1. The van der Waals surface area contributed by atoms with Gasteiger partial charge in [0.25, 0.3) is 0 Å². The van der Waals surface area contributed by atoms with Gasteiger partial charge in [-0.2, -0.15) is 11.8 Å². The van der Waals surface area contributed by atoms with Crippen molar-refractivity contribution in [2.75, 3.05) is 31.0 Å². The van der Waals surface area contributed by atoms with Crippen LogP contribution < -0.4 is 10.1 Å². The van der Waals surface area contributed by atoms with Crippen LogP contribution in [0.5, 0.6) is 5.75 Å². The summed E-state index contributed by atoms with van der Waals surface area (Å²) in [6.45, 7) is 0.849. The number of anilines is 1. The first-order valence-electron chi connectivity index (χ1n) is 5.24. The molecule has 0 saturated heterocycles. The maximum Gasteiger partial charge on any atom is 0.311 e. The molecule has 94 valence electrons. The van der Waals surface area contributed by atoms with Gasteiger partial charge in [0.1, 0.15) is 0 Å². The fourth-order valence-corrected chi connectivity index (χ4v) is 1.82. The lowest BCUT2D eigenvalue weighted by atomic mass is 10.2. The first-order valence-corrected chi connectivity index (χ1v) is 6.63. The van der Waals surface area contributed by atoms with Crippen LogP contribution in [0.1, 0.15) is 6.42 Å². The number of thioether (sulfide) groups is 1. The van der Waals surface area contributed by atoms with Crippen LogP contribution >= 0.6 is 11.8 Å². The number of nitro groups is 1. The summed E-state index contributed by atoms with van der Waals surface area (Å²) < 4.78 is 4.99. The van der Waals surface area contributed by atoms with Gasteiger partial charge in [-0.05, 0) is 24.5 Å². The van der Waals surface area contributed by atoms with Crippen LogP contribution in [0.25, 0.3) is 0 Å². The second-order valence-electron chi connectivity index (χ2n) is 3.42. The number of rotatable bonds is 7. The van der Waals surface area contributed by atoms with E-state index in [9.17, 15) is 10.1 Å². The average molecular weight is 256 g/mol. The molecule has 0 saturated carbocycles. The summed E-state index contributed by atoms with van der Waals surface area (Å²) in [5, 5.41) is 13.9. The SMILES string of the molecule is COc1cc(NCCCSC)ccc1[N+](=O)[O-]. The fourth-order valence-electron chi connectivity index (χ4n) is 1.39. The average Bonchev–Trinajstić information content (AvgIpc) is 2.34. The normalized spacial score (nSPS) is 10.0. The van der Waals surface area contributed by atoms with E-state index in [1.165, 1.54) is 13.2 Å². The van der Waals surface area contributed by atoms with Crippen LogP contribution in [0, 0.1) is 10.1 Å². The van der Waals surface area contributed by atoms with E-state index < -0.39 is 4.92 Å². The number of nitrogens with zero attached hydrogens (tertiary/aromatic N) is 1. The van der Waals surface area contributed by atoms with Crippen LogP contribution in [-0.4, -0.2) is 30.6 Å². The fraction of sp³-hybridized carbons (Fsp3) is 0.455. The van der Waals surface area contributed by atoms with E-state index in [2.05, 4.69) is 11.6 Å². The molecular weight excluding hydrogens is 240 g/mol. The van der Waals surface area contributed by atoms with E-state index in [0.717, 1.165) is 24.4 Å². The minimum absolute atomic E-state index is 0.0119. The molecule has 0 bridgehead atoms. The highest BCUT2D eigenvalue weighted by atomic mass is 32.2. The lowest BCUT2D eigenvalue weighted by Crippen LogP contribution is -2.03. The van der Waals surface area contributed by atoms with Gasteiger partial charge in [0.15, 0.2) is 5.75 Å². The van der Waals surface area contributed by atoms with Gasteiger partial charge in [-0.3, -0.25) is 10.1 Å². The maximum atomic E-state index is 10.7. The Balaban J connectivity index is 2.66. The molecule has 0 unspecified atom stereocenters. The molecule has 5 nitrogen and oxygen atoms in total. The van der Waals surface area contributed by atoms with E-state index in [4.69, 9.17) is 4.74 Å². The Labute approximate surface area is 105 Å². The van der Waals surface area contributed by atoms with Gasteiger partial charge in [0.2, 0.25) is 0 Å². The zero-order chi connectivity index (χ0) is 12.7. The Morgan fingerprint density at radius 1 is 1.53 bits per heavy atom. The zero-order valence-electron chi connectivity index (χ0n) is 9.93. The minimum atomic E-state index is -0.448.